The summed E-state index contributed by atoms with van der Waals surface area (Å²) in [6, 6.07) is -0.264. The highest BCUT2D eigenvalue weighted by molar-refractivity contribution is 5.74. The van der Waals surface area contributed by atoms with Crippen LogP contribution in [0.2, 0.25) is 0 Å². The molecule has 0 aliphatic heterocycles. The molecule has 1 aliphatic carbocycles. The van der Waals surface area contributed by atoms with E-state index in [0.717, 1.165) is 6.42 Å². The molecular weight excluding hydrogens is 284 g/mol. The lowest BCUT2D eigenvalue weighted by Crippen LogP contribution is -2.48. The van der Waals surface area contributed by atoms with Crippen molar-refractivity contribution in [3.63, 3.8) is 0 Å². The standard InChI is InChI=1S/C16H30N2O4/c1-11(2)8-9-16(3,22)10-17-15(21)18-13-6-4-12(5-7-13)14(19)20/h11-13,22H,4-10H2,1-3H3,(H,19,20)(H2,17,18,21). The number of amides is 2. The lowest BCUT2D eigenvalue weighted by Gasteiger charge is -2.28. The lowest BCUT2D eigenvalue weighted by atomic mass is 9.86. The van der Waals surface area contributed by atoms with Crippen LogP contribution in [-0.2, 0) is 4.79 Å². The van der Waals surface area contributed by atoms with Crippen molar-refractivity contribution in [1.82, 2.24) is 10.6 Å². The van der Waals surface area contributed by atoms with E-state index in [1.54, 1.807) is 6.92 Å². The SMILES string of the molecule is CC(C)CCC(C)(O)CNC(=O)NC1CCC(C(=O)O)CC1. The summed E-state index contributed by atoms with van der Waals surface area (Å²) in [5.41, 5.74) is -0.900. The van der Waals surface area contributed by atoms with Crippen LogP contribution in [0.3, 0.4) is 0 Å². The summed E-state index contributed by atoms with van der Waals surface area (Å²) >= 11 is 0. The number of aliphatic carboxylic acids is 1. The normalized spacial score (nSPS) is 24.6. The minimum atomic E-state index is -0.900. The molecule has 22 heavy (non-hydrogen) atoms. The van der Waals surface area contributed by atoms with Gasteiger partial charge in [0.05, 0.1) is 11.5 Å². The Morgan fingerprint density at radius 2 is 1.82 bits per heavy atom. The molecule has 1 aliphatic rings. The zero-order chi connectivity index (χ0) is 16.8. The van der Waals surface area contributed by atoms with Gasteiger partial charge in [-0.1, -0.05) is 13.8 Å². The monoisotopic (exact) mass is 314 g/mol. The molecule has 0 aromatic heterocycles. The highest BCUT2D eigenvalue weighted by atomic mass is 16.4. The third kappa shape index (κ3) is 7.11. The molecule has 0 spiro atoms. The summed E-state index contributed by atoms with van der Waals surface area (Å²) in [6.07, 6.45) is 4.14. The molecule has 0 aromatic carbocycles. The fourth-order valence-electron chi connectivity index (χ4n) is 2.68. The minimum Gasteiger partial charge on any atom is -0.481 e. The van der Waals surface area contributed by atoms with Crippen LogP contribution in [0.1, 0.15) is 59.3 Å². The number of carboxylic acid groups (broad SMARTS) is 1. The predicted molar refractivity (Wildman–Crippen MR) is 84.6 cm³/mol. The van der Waals surface area contributed by atoms with Crippen LogP contribution in [-0.4, -0.2) is 40.4 Å². The van der Waals surface area contributed by atoms with E-state index in [1.165, 1.54) is 0 Å². The van der Waals surface area contributed by atoms with Crippen molar-refractivity contribution in [2.45, 2.75) is 70.9 Å². The highest BCUT2D eigenvalue weighted by Crippen LogP contribution is 2.24. The summed E-state index contributed by atoms with van der Waals surface area (Å²) in [5.74, 6) is -0.508. The predicted octanol–water partition coefficient (Wildman–Crippen LogP) is 2.12. The maximum atomic E-state index is 11.9. The molecule has 2 amide bonds. The van der Waals surface area contributed by atoms with Crippen molar-refractivity contribution < 1.29 is 19.8 Å². The van der Waals surface area contributed by atoms with E-state index in [2.05, 4.69) is 24.5 Å². The van der Waals surface area contributed by atoms with Gasteiger partial charge in [0.2, 0.25) is 0 Å². The van der Waals surface area contributed by atoms with Gasteiger partial charge in [-0.2, -0.15) is 0 Å². The Morgan fingerprint density at radius 1 is 1.23 bits per heavy atom. The first-order chi connectivity index (χ1) is 10.2. The van der Waals surface area contributed by atoms with Gasteiger partial charge in [-0.05, 0) is 51.4 Å². The number of hydrogen-bond acceptors (Lipinski definition) is 3. The molecule has 1 atom stereocenters. The van der Waals surface area contributed by atoms with Crippen LogP contribution < -0.4 is 10.6 Å². The second-order valence-electron chi connectivity index (χ2n) is 7.14. The number of hydrogen-bond donors (Lipinski definition) is 4. The number of aliphatic hydroxyl groups is 1. The number of carbonyl (C=O) groups excluding carboxylic acids is 1. The fraction of sp³-hybridized carbons (Fsp3) is 0.875. The molecule has 0 bridgehead atoms. The maximum Gasteiger partial charge on any atom is 0.315 e. The second-order valence-corrected chi connectivity index (χ2v) is 7.14. The topological polar surface area (TPSA) is 98.7 Å². The van der Waals surface area contributed by atoms with E-state index < -0.39 is 11.6 Å². The third-order valence-electron chi connectivity index (χ3n) is 4.30. The number of nitrogens with one attached hydrogen (secondary N) is 2. The summed E-state index contributed by atoms with van der Waals surface area (Å²) in [7, 11) is 0. The van der Waals surface area contributed by atoms with Crippen LogP contribution >= 0.6 is 0 Å². The summed E-state index contributed by atoms with van der Waals surface area (Å²) < 4.78 is 0. The van der Waals surface area contributed by atoms with Gasteiger partial charge in [0, 0.05) is 12.6 Å². The molecule has 0 radical (unpaired) electrons. The highest BCUT2D eigenvalue weighted by Gasteiger charge is 2.27. The van der Waals surface area contributed by atoms with Crippen LogP contribution in [0, 0.1) is 11.8 Å². The Bertz CT molecular complexity index is 374. The molecular formula is C16H30N2O4. The number of rotatable bonds is 7. The van der Waals surface area contributed by atoms with Crippen molar-refractivity contribution in [2.75, 3.05) is 6.54 Å². The summed E-state index contributed by atoms with van der Waals surface area (Å²) in [6.45, 7) is 6.15. The maximum absolute atomic E-state index is 11.9. The van der Waals surface area contributed by atoms with Gasteiger partial charge in [0.1, 0.15) is 0 Å². The van der Waals surface area contributed by atoms with E-state index in [0.29, 0.717) is 38.0 Å². The first kappa shape index (κ1) is 18.7. The zero-order valence-electron chi connectivity index (χ0n) is 13.9. The molecule has 6 heteroatoms. The van der Waals surface area contributed by atoms with E-state index in [4.69, 9.17) is 5.11 Å². The average molecular weight is 314 g/mol. The minimum absolute atomic E-state index is 0.0243. The molecule has 1 fully saturated rings. The van der Waals surface area contributed by atoms with Crippen molar-refractivity contribution in [2.24, 2.45) is 11.8 Å². The first-order valence-electron chi connectivity index (χ1n) is 8.19. The number of urea groups is 1. The van der Waals surface area contributed by atoms with Crippen LogP contribution in [0.5, 0.6) is 0 Å². The Balaban J connectivity index is 2.25. The summed E-state index contributed by atoms with van der Waals surface area (Å²) in [4.78, 5) is 22.7. The van der Waals surface area contributed by atoms with Crippen molar-refractivity contribution in [1.29, 1.82) is 0 Å². The van der Waals surface area contributed by atoms with Gasteiger partial charge in [0.15, 0.2) is 0 Å². The molecule has 1 saturated carbocycles. The largest absolute Gasteiger partial charge is 0.481 e. The molecule has 0 aromatic rings. The number of carbonyl (C=O) groups is 2. The molecule has 128 valence electrons. The molecule has 1 rings (SSSR count). The molecule has 1 unspecified atom stereocenters. The summed E-state index contributed by atoms with van der Waals surface area (Å²) in [5, 5.41) is 24.7. The van der Waals surface area contributed by atoms with E-state index >= 15 is 0 Å². The van der Waals surface area contributed by atoms with E-state index in [9.17, 15) is 14.7 Å². The Kier molecular flexibility index (Phi) is 7.13. The third-order valence-corrected chi connectivity index (χ3v) is 4.30. The van der Waals surface area contributed by atoms with Crippen LogP contribution in [0.4, 0.5) is 4.79 Å². The van der Waals surface area contributed by atoms with Crippen molar-refractivity contribution >= 4 is 12.0 Å². The van der Waals surface area contributed by atoms with Crippen molar-refractivity contribution in [3.05, 3.63) is 0 Å². The lowest BCUT2D eigenvalue weighted by molar-refractivity contribution is -0.142. The molecule has 0 saturated heterocycles. The van der Waals surface area contributed by atoms with Gasteiger partial charge < -0.3 is 20.8 Å². The van der Waals surface area contributed by atoms with Crippen LogP contribution in [0.25, 0.3) is 0 Å². The Labute approximate surface area is 132 Å². The van der Waals surface area contributed by atoms with E-state index in [-0.39, 0.29) is 24.5 Å². The first-order valence-corrected chi connectivity index (χ1v) is 8.19. The van der Waals surface area contributed by atoms with Gasteiger partial charge in [-0.15, -0.1) is 0 Å². The fourth-order valence-corrected chi connectivity index (χ4v) is 2.68. The molecule has 4 N–H and O–H groups in total. The zero-order valence-corrected chi connectivity index (χ0v) is 13.9. The molecule has 6 nitrogen and oxygen atoms in total. The molecule has 0 heterocycles. The van der Waals surface area contributed by atoms with Gasteiger partial charge in [-0.25, -0.2) is 4.79 Å². The van der Waals surface area contributed by atoms with Crippen LogP contribution in [0.15, 0.2) is 0 Å². The quantitative estimate of drug-likeness (QED) is 0.578. The van der Waals surface area contributed by atoms with Gasteiger partial charge >= 0.3 is 12.0 Å². The Morgan fingerprint density at radius 3 is 2.32 bits per heavy atom. The van der Waals surface area contributed by atoms with Crippen molar-refractivity contribution in [3.8, 4) is 0 Å². The average Bonchev–Trinajstić information content (AvgIpc) is 2.44. The van der Waals surface area contributed by atoms with Gasteiger partial charge in [0.25, 0.3) is 0 Å². The van der Waals surface area contributed by atoms with E-state index in [1.807, 2.05) is 0 Å². The number of carboxylic acids is 1. The Hall–Kier alpha value is -1.30. The van der Waals surface area contributed by atoms with Gasteiger partial charge in [-0.3, -0.25) is 4.79 Å². The smallest absolute Gasteiger partial charge is 0.315 e. The second kappa shape index (κ2) is 8.36.